The van der Waals surface area contributed by atoms with Gasteiger partial charge in [-0.15, -0.1) is 0 Å². The second kappa shape index (κ2) is 18.5. The van der Waals surface area contributed by atoms with Gasteiger partial charge in [0.2, 0.25) is 11.9 Å². The van der Waals surface area contributed by atoms with Gasteiger partial charge in [0.1, 0.15) is 6.15 Å². The van der Waals surface area contributed by atoms with Gasteiger partial charge in [0.15, 0.2) is 5.82 Å². The quantitative estimate of drug-likeness (QED) is 0.0920. The fourth-order valence-electron chi connectivity index (χ4n) is 6.98. The summed E-state index contributed by atoms with van der Waals surface area (Å²) in [6.45, 7) is 0. The molecule has 5 aromatic carbocycles. The van der Waals surface area contributed by atoms with Crippen molar-refractivity contribution in [3.8, 4) is 5.75 Å². The van der Waals surface area contributed by atoms with Crippen LogP contribution in [0.25, 0.3) is 0 Å². The highest BCUT2D eigenvalue weighted by Gasteiger charge is 2.47. The van der Waals surface area contributed by atoms with Crippen molar-refractivity contribution >= 4 is 39.3 Å². The molecule has 0 aliphatic heterocycles. The summed E-state index contributed by atoms with van der Waals surface area (Å²) in [5.41, 5.74) is -28.5. The van der Waals surface area contributed by atoms with Gasteiger partial charge in [0.25, 0.3) is 5.51 Å². The lowest BCUT2D eigenvalue weighted by Gasteiger charge is -2.46. The van der Waals surface area contributed by atoms with E-state index in [4.69, 9.17) is 4.84 Å². The molecule has 0 fully saturated rings. The Labute approximate surface area is 378 Å². The first-order valence-electron chi connectivity index (χ1n) is 18.3. The molecule has 29 heteroatoms. The fourth-order valence-corrected chi connectivity index (χ4v) is 7.47. The summed E-state index contributed by atoms with van der Waals surface area (Å²) in [5.74, 6) is -0.132. The fraction of sp³-hybridized carbons (Fsp3) is 0.195. The molecule has 0 N–H and O–H groups in total. The highest BCUT2D eigenvalue weighted by Crippen LogP contribution is 2.41. The zero-order chi connectivity index (χ0) is 53.0. The van der Waals surface area contributed by atoms with Crippen LogP contribution in [0.3, 0.4) is 0 Å². The Balaban J connectivity index is 0.000000600. The molecule has 378 valence electrons. The summed E-state index contributed by atoms with van der Waals surface area (Å²) in [6.07, 6.45) is -53.1. The van der Waals surface area contributed by atoms with Crippen LogP contribution in [0.4, 0.5) is 110 Å². The summed E-state index contributed by atoms with van der Waals surface area (Å²) in [6, 6.07) is -2.51. The van der Waals surface area contributed by atoms with Crippen molar-refractivity contribution in [3.63, 3.8) is 0 Å². The molecule has 0 aliphatic rings. The van der Waals surface area contributed by atoms with Gasteiger partial charge in [0, 0.05) is 4.73 Å². The summed E-state index contributed by atoms with van der Waals surface area (Å²) < 4.78 is 355. The second-order valence-corrected chi connectivity index (χ2v) is 15.4. The molecule has 1 heterocycles. The highest BCUT2D eigenvalue weighted by atomic mass is 32.1. The summed E-state index contributed by atoms with van der Waals surface area (Å²) >= 11 is 1.48. The van der Waals surface area contributed by atoms with Crippen molar-refractivity contribution in [3.05, 3.63) is 164 Å². The van der Waals surface area contributed by atoms with Crippen LogP contribution < -0.4 is 31.4 Å². The van der Waals surface area contributed by atoms with Crippen LogP contribution in [0.2, 0.25) is 0 Å². The van der Waals surface area contributed by atoms with E-state index in [1.807, 2.05) is 5.38 Å². The molecule has 0 saturated heterocycles. The third-order valence-corrected chi connectivity index (χ3v) is 10.5. The van der Waals surface area contributed by atoms with Crippen LogP contribution >= 0.6 is 11.3 Å². The van der Waals surface area contributed by atoms with Crippen molar-refractivity contribution in [1.29, 1.82) is 0 Å². The molecule has 6 aromatic rings. The van der Waals surface area contributed by atoms with Crippen LogP contribution in [-0.2, 0) is 49.4 Å². The van der Waals surface area contributed by atoms with Gasteiger partial charge in [-0.05, 0) is 36.4 Å². The predicted molar refractivity (Wildman–Crippen MR) is 197 cm³/mol. The first-order chi connectivity index (χ1) is 31.6. The smallest absolute Gasteiger partial charge is 0.227 e. The average Bonchev–Trinajstić information content (AvgIpc) is 3.73. The molecule has 6 rings (SSSR count). The Kier molecular flexibility index (Phi) is 14.5. The van der Waals surface area contributed by atoms with Gasteiger partial charge in [-0.1, -0.05) is 72.0 Å². The van der Waals surface area contributed by atoms with E-state index in [0.29, 0.717) is 0 Å². The minimum Gasteiger partial charge on any atom is -0.227 e. The molecular weight excluding hydrogens is 1040 g/mol. The minimum absolute atomic E-state index is 0.228. The van der Waals surface area contributed by atoms with Crippen molar-refractivity contribution < 1.29 is 119 Å². The number of rotatable bonds is 6. The monoisotopic (exact) mass is 1060 g/mol. The van der Waals surface area contributed by atoms with E-state index in [2.05, 4.69) is 0 Å². The van der Waals surface area contributed by atoms with Crippen LogP contribution in [0.1, 0.15) is 44.5 Å². The molecule has 0 spiro atoms. The van der Waals surface area contributed by atoms with Crippen molar-refractivity contribution in [2.75, 3.05) is 0 Å². The largest absolute Gasteiger partial charge is 0.416 e. The Bertz CT molecular complexity index is 2380. The van der Waals surface area contributed by atoms with Crippen molar-refractivity contribution in [2.24, 2.45) is 0 Å². The number of alkyl halides is 24. The SMILES string of the molecule is FC(F)(F)c1cc([B-](c2cc(C(F)(F)F)cc(C(F)(F)F)c2)(c2cc(C(F)(F)F)cc(C(F)(F)F)c2)c2cc(C(F)(F)F)cc(C(F)(F)F)c2)cc(C(F)(F)F)c1.Fc1ccccc1O[n+]1ccsc1. The van der Waals surface area contributed by atoms with Gasteiger partial charge < -0.3 is 0 Å². The van der Waals surface area contributed by atoms with Crippen LogP contribution in [-0.4, -0.2) is 6.15 Å². The first kappa shape index (κ1) is 54.8. The Morgan fingerprint density at radius 1 is 0.357 bits per heavy atom. The van der Waals surface area contributed by atoms with Gasteiger partial charge >= 0.3 is 49.4 Å². The molecule has 0 saturated carbocycles. The standard InChI is InChI=1S/C32H12BF24.C9H7FNOS/c34-25(35,36)13-1-14(26(37,38)39)6-21(5-13)33(22-7-15(27(40,41)42)2-16(8-22)28(43,44)45,23-9-17(29(46,47)48)3-18(10-23)30(49,50)51)24-11-19(31(52,53)54)4-20(12-24)32(55,56)57;10-8-3-1-2-4-9(8)12-11-5-6-13-7-11/h1-12H;1-7H/q-1;+1. The highest BCUT2D eigenvalue weighted by molar-refractivity contribution is 7.20. The van der Waals surface area contributed by atoms with E-state index in [1.165, 1.54) is 22.1 Å². The molecule has 0 atom stereocenters. The topological polar surface area (TPSA) is 13.1 Å². The zero-order valence-corrected chi connectivity index (χ0v) is 34.1. The summed E-state index contributed by atoms with van der Waals surface area (Å²) in [7, 11) is 0. The van der Waals surface area contributed by atoms with Gasteiger partial charge in [0.05, 0.1) is 49.9 Å². The second-order valence-electron chi connectivity index (χ2n) is 14.6. The zero-order valence-electron chi connectivity index (χ0n) is 33.3. The van der Waals surface area contributed by atoms with Gasteiger partial charge in [-0.25, -0.2) is 9.23 Å². The minimum atomic E-state index is -6.13. The Hall–Kier alpha value is -6.16. The first-order valence-corrected chi connectivity index (χ1v) is 19.3. The van der Waals surface area contributed by atoms with E-state index in [1.54, 1.807) is 29.9 Å². The number of halogens is 25. The van der Waals surface area contributed by atoms with Crippen molar-refractivity contribution in [1.82, 2.24) is 0 Å². The molecule has 0 bridgehead atoms. The lowest BCUT2D eigenvalue weighted by molar-refractivity contribution is -0.872. The average molecular weight is 1060 g/mol. The van der Waals surface area contributed by atoms with E-state index in [-0.39, 0.29) is 11.6 Å². The van der Waals surface area contributed by atoms with Crippen LogP contribution in [0.15, 0.2) is 114 Å². The molecule has 70 heavy (non-hydrogen) atoms. The number of thiazole rings is 1. The Morgan fingerprint density at radius 2 is 0.600 bits per heavy atom. The number of para-hydroxylation sites is 1. The molecule has 0 radical (unpaired) electrons. The predicted octanol–water partition coefficient (Wildman–Crippen LogP) is 13.2. The third kappa shape index (κ3) is 12.4. The van der Waals surface area contributed by atoms with Crippen LogP contribution in [0.5, 0.6) is 5.75 Å². The molecule has 1 aromatic heterocycles. The van der Waals surface area contributed by atoms with E-state index in [0.717, 1.165) is 0 Å². The number of benzene rings is 5. The molecule has 2 nitrogen and oxygen atoms in total. The molecule has 0 amide bonds. The van der Waals surface area contributed by atoms with E-state index in [9.17, 15) is 110 Å². The number of nitrogens with zero attached hydrogens (tertiary/aromatic N) is 1. The van der Waals surface area contributed by atoms with E-state index >= 15 is 0 Å². The lowest BCUT2D eigenvalue weighted by atomic mass is 9.12. The normalized spacial score (nSPS) is 13.5. The van der Waals surface area contributed by atoms with Gasteiger partial charge in [-0.3, -0.25) is 0 Å². The summed E-state index contributed by atoms with van der Waals surface area (Å²) in [5, 5.41) is 1.85. The maximum Gasteiger partial charge on any atom is 0.416 e. The lowest BCUT2D eigenvalue weighted by Crippen LogP contribution is -2.75. The molecular formula is C41H19BF25NOS. The summed E-state index contributed by atoms with van der Waals surface area (Å²) in [4.78, 5) is 5.20. The number of aromatic nitrogens is 1. The van der Waals surface area contributed by atoms with Gasteiger partial charge in [-0.2, -0.15) is 127 Å². The number of hydrogen-bond donors (Lipinski definition) is 0. The molecule has 0 unspecified atom stereocenters. The van der Waals surface area contributed by atoms with E-state index < -0.39 is 195 Å². The third-order valence-electron chi connectivity index (χ3n) is 9.93. The number of hydrogen-bond acceptors (Lipinski definition) is 2. The molecule has 0 aliphatic carbocycles. The van der Waals surface area contributed by atoms with Crippen LogP contribution in [0, 0.1) is 5.82 Å². The maximum atomic E-state index is 14.2. The van der Waals surface area contributed by atoms with Crippen molar-refractivity contribution in [2.45, 2.75) is 49.4 Å². The Morgan fingerprint density at radius 3 is 0.800 bits per heavy atom. The maximum absolute atomic E-state index is 14.2.